The van der Waals surface area contributed by atoms with Crippen molar-refractivity contribution in [3.05, 3.63) is 29.8 Å². The molecule has 0 radical (unpaired) electrons. The predicted molar refractivity (Wildman–Crippen MR) is 61.0 cm³/mol. The maximum atomic E-state index is 12.8. The molecule has 0 spiro atoms. The summed E-state index contributed by atoms with van der Waals surface area (Å²) in [7, 11) is 3.50. The third kappa shape index (κ3) is 2.57. The zero-order valence-electron chi connectivity index (χ0n) is 9.99. The Morgan fingerprint density at radius 1 is 1.22 bits per heavy atom. The quantitative estimate of drug-likeness (QED) is 0.905. The first-order valence-electron chi connectivity index (χ1n) is 5.16. The van der Waals surface area contributed by atoms with E-state index in [-0.39, 0.29) is 5.56 Å². The van der Waals surface area contributed by atoms with Crippen LogP contribution in [0.1, 0.15) is 12.0 Å². The summed E-state index contributed by atoms with van der Waals surface area (Å²) in [6.07, 6.45) is -5.92. The highest BCUT2D eigenvalue weighted by Crippen LogP contribution is 2.41. The summed E-state index contributed by atoms with van der Waals surface area (Å²) in [6.45, 7) is 0. The van der Waals surface area contributed by atoms with Gasteiger partial charge in [0.2, 0.25) is 0 Å². The molecule has 0 aromatic heterocycles. The molecule has 6 heteroatoms. The van der Waals surface area contributed by atoms with Gasteiger partial charge in [0.25, 0.3) is 0 Å². The molecule has 0 saturated carbocycles. The lowest BCUT2D eigenvalue weighted by molar-refractivity contribution is -0.264. The Morgan fingerprint density at radius 2 is 1.72 bits per heavy atom. The zero-order chi connectivity index (χ0) is 14.0. The molecular weight excluding hydrogens is 245 g/mol. The number of rotatable bonds is 3. The second-order valence-corrected chi connectivity index (χ2v) is 4.13. The zero-order valence-corrected chi connectivity index (χ0v) is 9.99. The Morgan fingerprint density at radius 3 is 2.06 bits per heavy atom. The van der Waals surface area contributed by atoms with Crippen LogP contribution in [0.4, 0.5) is 18.9 Å². The van der Waals surface area contributed by atoms with E-state index >= 15 is 0 Å². The molecule has 98 valence electrons. The van der Waals surface area contributed by atoms with Crippen molar-refractivity contribution in [2.24, 2.45) is 0 Å². The molecule has 3 nitrogen and oxygen atoms in total. The number of alkyl halides is 3. The van der Waals surface area contributed by atoms with Gasteiger partial charge in [0.05, 0.1) is 12.5 Å². The van der Waals surface area contributed by atoms with Gasteiger partial charge in [0.1, 0.15) is 0 Å². The van der Waals surface area contributed by atoms with E-state index in [0.717, 1.165) is 0 Å². The molecule has 1 aromatic carbocycles. The molecule has 0 fully saturated rings. The normalized spacial score (nSPS) is 14.7. The van der Waals surface area contributed by atoms with E-state index in [9.17, 15) is 18.3 Å². The Kier molecular flexibility index (Phi) is 3.87. The van der Waals surface area contributed by atoms with Gasteiger partial charge in [0, 0.05) is 19.8 Å². The first-order valence-corrected chi connectivity index (χ1v) is 5.16. The molecule has 1 N–H and O–H groups in total. The van der Waals surface area contributed by atoms with Crippen LogP contribution in [-0.2, 0) is 5.60 Å². The smallest absolute Gasteiger partial charge is 0.378 e. The third-order valence-corrected chi connectivity index (χ3v) is 2.67. The largest absolute Gasteiger partial charge is 0.422 e. The molecule has 0 unspecified atom stereocenters. The minimum atomic E-state index is -4.89. The second-order valence-electron chi connectivity index (χ2n) is 4.13. The monoisotopic (exact) mass is 258 g/mol. The number of aliphatic hydroxyl groups is 1. The molecule has 18 heavy (non-hydrogen) atoms. The van der Waals surface area contributed by atoms with Crippen LogP contribution in [0.5, 0.6) is 0 Å². The van der Waals surface area contributed by atoms with E-state index in [2.05, 4.69) is 0 Å². The van der Waals surface area contributed by atoms with Crippen molar-refractivity contribution in [1.29, 1.82) is 5.26 Å². The lowest BCUT2D eigenvalue weighted by Crippen LogP contribution is -2.42. The van der Waals surface area contributed by atoms with Gasteiger partial charge in [-0.15, -0.1) is 0 Å². The van der Waals surface area contributed by atoms with E-state index in [0.29, 0.717) is 5.69 Å². The van der Waals surface area contributed by atoms with E-state index in [4.69, 9.17) is 5.26 Å². The molecule has 0 aliphatic heterocycles. The maximum absolute atomic E-state index is 12.8. The number of nitrogens with zero attached hydrogens (tertiary/aromatic N) is 2. The van der Waals surface area contributed by atoms with Crippen molar-refractivity contribution in [3.8, 4) is 6.07 Å². The fourth-order valence-corrected chi connectivity index (χ4v) is 1.52. The van der Waals surface area contributed by atoms with Gasteiger partial charge in [-0.1, -0.05) is 12.1 Å². The highest BCUT2D eigenvalue weighted by atomic mass is 19.4. The minimum absolute atomic E-state index is 0.331. The van der Waals surface area contributed by atoms with Crippen LogP contribution in [0.15, 0.2) is 24.3 Å². The highest BCUT2D eigenvalue weighted by Gasteiger charge is 2.54. The lowest BCUT2D eigenvalue weighted by atomic mass is 9.90. The van der Waals surface area contributed by atoms with Gasteiger partial charge in [-0.2, -0.15) is 18.4 Å². The van der Waals surface area contributed by atoms with Crippen molar-refractivity contribution >= 4 is 5.69 Å². The van der Waals surface area contributed by atoms with Crippen molar-refractivity contribution < 1.29 is 18.3 Å². The van der Waals surface area contributed by atoms with Crippen molar-refractivity contribution in [3.63, 3.8) is 0 Å². The van der Waals surface area contributed by atoms with Crippen LogP contribution in [0, 0.1) is 11.3 Å². The standard InChI is InChI=1S/C12H13F3N2O/c1-17(2)10-5-3-9(4-6-10)11(18,7-8-16)12(13,14)15/h3-6,18H,7H2,1-2H3/t11-/m1/s1. The summed E-state index contributed by atoms with van der Waals surface area (Å²) in [5.74, 6) is 0. The molecule has 0 amide bonds. The van der Waals surface area contributed by atoms with Crippen LogP contribution in [-0.4, -0.2) is 25.4 Å². The van der Waals surface area contributed by atoms with E-state index < -0.39 is 18.2 Å². The minimum Gasteiger partial charge on any atom is -0.378 e. The summed E-state index contributed by atoms with van der Waals surface area (Å²) in [4.78, 5) is 1.72. The van der Waals surface area contributed by atoms with Crippen molar-refractivity contribution in [2.45, 2.75) is 18.2 Å². The molecule has 1 aromatic rings. The highest BCUT2D eigenvalue weighted by molar-refractivity contribution is 5.47. The first-order chi connectivity index (χ1) is 8.22. The number of benzene rings is 1. The van der Waals surface area contributed by atoms with Crippen LogP contribution in [0.25, 0.3) is 0 Å². The van der Waals surface area contributed by atoms with Crippen LogP contribution >= 0.6 is 0 Å². The Labute approximate surface area is 103 Å². The van der Waals surface area contributed by atoms with E-state index in [1.54, 1.807) is 19.0 Å². The molecule has 1 atom stereocenters. The fourth-order valence-electron chi connectivity index (χ4n) is 1.52. The SMILES string of the molecule is CN(C)c1ccc([C@](O)(CC#N)C(F)(F)F)cc1. The summed E-state index contributed by atoms with van der Waals surface area (Å²) in [5, 5.41) is 18.1. The Balaban J connectivity index is 3.20. The van der Waals surface area contributed by atoms with Crippen molar-refractivity contribution in [2.75, 3.05) is 19.0 Å². The van der Waals surface area contributed by atoms with Gasteiger partial charge in [-0.3, -0.25) is 0 Å². The van der Waals surface area contributed by atoms with Crippen LogP contribution < -0.4 is 4.90 Å². The number of anilines is 1. The molecule has 0 bridgehead atoms. The maximum Gasteiger partial charge on any atom is 0.422 e. The van der Waals surface area contributed by atoms with Gasteiger partial charge < -0.3 is 10.0 Å². The van der Waals surface area contributed by atoms with Crippen LogP contribution in [0.3, 0.4) is 0 Å². The number of halogens is 3. The molecule has 0 aliphatic rings. The molecule has 0 saturated heterocycles. The summed E-state index contributed by atoms with van der Waals surface area (Å²) >= 11 is 0. The molecule has 0 heterocycles. The second kappa shape index (κ2) is 4.86. The Hall–Kier alpha value is -1.74. The topological polar surface area (TPSA) is 47.3 Å². The van der Waals surface area contributed by atoms with Gasteiger partial charge in [0.15, 0.2) is 5.60 Å². The fraction of sp³-hybridized carbons (Fsp3) is 0.417. The average molecular weight is 258 g/mol. The van der Waals surface area contributed by atoms with Gasteiger partial charge >= 0.3 is 6.18 Å². The lowest BCUT2D eigenvalue weighted by Gasteiger charge is -2.29. The Bertz CT molecular complexity index is 448. The number of nitriles is 1. The summed E-state index contributed by atoms with van der Waals surface area (Å²) in [5.41, 5.74) is -2.74. The summed E-state index contributed by atoms with van der Waals surface area (Å²) < 4.78 is 38.5. The first kappa shape index (κ1) is 14.3. The molecular formula is C12H13F3N2O. The predicted octanol–water partition coefficient (Wildman–Crippen LogP) is 2.42. The molecule has 0 aliphatic carbocycles. The van der Waals surface area contributed by atoms with Gasteiger partial charge in [-0.25, -0.2) is 0 Å². The number of hydrogen-bond donors (Lipinski definition) is 1. The van der Waals surface area contributed by atoms with E-state index in [1.807, 2.05) is 0 Å². The van der Waals surface area contributed by atoms with Crippen LogP contribution in [0.2, 0.25) is 0 Å². The third-order valence-electron chi connectivity index (χ3n) is 2.67. The van der Waals surface area contributed by atoms with Gasteiger partial charge in [-0.05, 0) is 17.7 Å². The van der Waals surface area contributed by atoms with Crippen molar-refractivity contribution in [1.82, 2.24) is 0 Å². The summed E-state index contributed by atoms with van der Waals surface area (Å²) in [6, 6.07) is 6.66. The molecule has 1 rings (SSSR count). The average Bonchev–Trinajstić information content (AvgIpc) is 2.28. The number of hydrogen-bond acceptors (Lipinski definition) is 3. The van der Waals surface area contributed by atoms with E-state index in [1.165, 1.54) is 30.3 Å².